The van der Waals surface area contributed by atoms with E-state index < -0.39 is 27.5 Å². The second-order valence-electron chi connectivity index (χ2n) is 6.34. The molecule has 3 N–H and O–H groups in total. The minimum atomic E-state index is -3.49. The van der Waals surface area contributed by atoms with Crippen molar-refractivity contribution in [3.05, 3.63) is 77.0 Å². The number of nitrogens with one attached hydrogen (secondary N) is 1. The molecule has 1 atom stereocenters. The SMILES string of the molecule is Cc1cc(NC(c2cccc(S(C)(=O)=O)c2)c2cc(F)ccc2F)nc(N)n1. The summed E-state index contributed by atoms with van der Waals surface area (Å²) in [6, 6.07) is 9.77. The van der Waals surface area contributed by atoms with Crippen LogP contribution in [0.25, 0.3) is 0 Å². The van der Waals surface area contributed by atoms with E-state index in [4.69, 9.17) is 5.73 Å². The van der Waals surface area contributed by atoms with Crippen molar-refractivity contribution < 1.29 is 17.2 Å². The molecule has 3 aromatic rings. The van der Waals surface area contributed by atoms with Crippen molar-refractivity contribution in [1.29, 1.82) is 0 Å². The smallest absolute Gasteiger partial charge is 0.222 e. The first-order valence-electron chi connectivity index (χ1n) is 8.26. The topological polar surface area (TPSA) is 98.0 Å². The molecule has 0 saturated heterocycles. The van der Waals surface area contributed by atoms with Crippen LogP contribution < -0.4 is 11.1 Å². The summed E-state index contributed by atoms with van der Waals surface area (Å²) in [5.41, 5.74) is 6.67. The van der Waals surface area contributed by atoms with Gasteiger partial charge >= 0.3 is 0 Å². The third-order valence-electron chi connectivity index (χ3n) is 4.05. The molecule has 0 radical (unpaired) electrons. The maximum absolute atomic E-state index is 14.5. The van der Waals surface area contributed by atoms with E-state index in [2.05, 4.69) is 15.3 Å². The fourth-order valence-corrected chi connectivity index (χ4v) is 3.49. The van der Waals surface area contributed by atoms with Crippen molar-refractivity contribution in [1.82, 2.24) is 9.97 Å². The van der Waals surface area contributed by atoms with E-state index in [0.29, 0.717) is 17.1 Å². The molecule has 2 aromatic carbocycles. The molecule has 9 heteroatoms. The normalized spacial score (nSPS) is 12.6. The van der Waals surface area contributed by atoms with E-state index in [-0.39, 0.29) is 16.4 Å². The van der Waals surface area contributed by atoms with Crippen molar-refractivity contribution >= 4 is 21.6 Å². The fraction of sp³-hybridized carbons (Fsp3) is 0.158. The zero-order valence-electron chi connectivity index (χ0n) is 15.1. The van der Waals surface area contributed by atoms with Crippen LogP contribution in [0.3, 0.4) is 0 Å². The number of aromatic nitrogens is 2. The Kier molecular flexibility index (Phi) is 5.28. The molecule has 28 heavy (non-hydrogen) atoms. The Balaban J connectivity index is 2.16. The number of rotatable bonds is 5. The summed E-state index contributed by atoms with van der Waals surface area (Å²) in [6.07, 6.45) is 1.08. The van der Waals surface area contributed by atoms with Crippen LogP contribution in [0.2, 0.25) is 0 Å². The number of nitrogen functional groups attached to an aromatic ring is 1. The first kappa shape index (κ1) is 19.7. The number of hydrogen-bond acceptors (Lipinski definition) is 6. The zero-order chi connectivity index (χ0) is 20.5. The summed E-state index contributed by atoms with van der Waals surface area (Å²) in [4.78, 5) is 8.11. The van der Waals surface area contributed by atoms with E-state index >= 15 is 0 Å². The number of hydrogen-bond donors (Lipinski definition) is 2. The van der Waals surface area contributed by atoms with Gasteiger partial charge in [-0.25, -0.2) is 22.2 Å². The summed E-state index contributed by atoms with van der Waals surface area (Å²) in [7, 11) is -3.49. The Hall–Kier alpha value is -3.07. The van der Waals surface area contributed by atoms with Crippen LogP contribution >= 0.6 is 0 Å². The van der Waals surface area contributed by atoms with Crippen molar-refractivity contribution in [2.24, 2.45) is 0 Å². The van der Waals surface area contributed by atoms with Crippen LogP contribution in [0.4, 0.5) is 20.5 Å². The van der Waals surface area contributed by atoms with Gasteiger partial charge in [0.25, 0.3) is 0 Å². The molecule has 0 fully saturated rings. The van der Waals surface area contributed by atoms with Gasteiger partial charge in [-0.1, -0.05) is 12.1 Å². The summed E-state index contributed by atoms with van der Waals surface area (Å²) in [5, 5.41) is 3.01. The van der Waals surface area contributed by atoms with Crippen molar-refractivity contribution in [2.75, 3.05) is 17.3 Å². The molecule has 0 aliphatic heterocycles. The number of nitrogens with zero attached hydrogens (tertiary/aromatic N) is 2. The number of halogens is 2. The van der Waals surface area contributed by atoms with Gasteiger partial charge in [-0.05, 0) is 42.8 Å². The third kappa shape index (κ3) is 4.42. The van der Waals surface area contributed by atoms with E-state index in [0.717, 1.165) is 24.5 Å². The number of aryl methyl sites for hydroxylation is 1. The lowest BCUT2D eigenvalue weighted by molar-refractivity contribution is 0.580. The zero-order valence-corrected chi connectivity index (χ0v) is 16.0. The van der Waals surface area contributed by atoms with Crippen LogP contribution in [-0.2, 0) is 9.84 Å². The van der Waals surface area contributed by atoms with Crippen LogP contribution in [0, 0.1) is 18.6 Å². The van der Waals surface area contributed by atoms with Gasteiger partial charge in [-0.15, -0.1) is 0 Å². The van der Waals surface area contributed by atoms with Gasteiger partial charge in [0.1, 0.15) is 17.5 Å². The monoisotopic (exact) mass is 404 g/mol. The van der Waals surface area contributed by atoms with Gasteiger partial charge in [-0.2, -0.15) is 4.98 Å². The van der Waals surface area contributed by atoms with Crippen molar-refractivity contribution in [2.45, 2.75) is 17.9 Å². The molecule has 0 spiro atoms. The molecule has 146 valence electrons. The lowest BCUT2D eigenvalue weighted by atomic mass is 9.98. The Morgan fingerprint density at radius 3 is 2.50 bits per heavy atom. The van der Waals surface area contributed by atoms with E-state index in [1.54, 1.807) is 19.1 Å². The largest absolute Gasteiger partial charge is 0.368 e. The minimum Gasteiger partial charge on any atom is -0.368 e. The molecule has 1 unspecified atom stereocenters. The maximum Gasteiger partial charge on any atom is 0.222 e. The van der Waals surface area contributed by atoms with Gasteiger partial charge in [0.2, 0.25) is 5.95 Å². The van der Waals surface area contributed by atoms with Crippen molar-refractivity contribution in [3.8, 4) is 0 Å². The number of benzene rings is 2. The predicted molar refractivity (Wildman–Crippen MR) is 103 cm³/mol. The van der Waals surface area contributed by atoms with Gasteiger partial charge in [0, 0.05) is 23.6 Å². The molecule has 0 amide bonds. The van der Waals surface area contributed by atoms with Gasteiger partial charge in [-0.3, -0.25) is 0 Å². The molecule has 3 rings (SSSR count). The molecule has 1 heterocycles. The predicted octanol–water partition coefficient (Wildman–Crippen LogP) is 3.25. The van der Waals surface area contributed by atoms with Crippen LogP contribution in [-0.4, -0.2) is 24.6 Å². The Bertz CT molecular complexity index is 1120. The Labute approximate surface area is 161 Å². The number of sulfone groups is 1. The Morgan fingerprint density at radius 2 is 1.82 bits per heavy atom. The van der Waals surface area contributed by atoms with Crippen LogP contribution in [0.5, 0.6) is 0 Å². The molecule has 0 bridgehead atoms. The molecular formula is C19H18F2N4O2S. The molecule has 1 aromatic heterocycles. The average molecular weight is 404 g/mol. The highest BCUT2D eigenvalue weighted by Crippen LogP contribution is 2.30. The lowest BCUT2D eigenvalue weighted by Crippen LogP contribution is -2.16. The summed E-state index contributed by atoms with van der Waals surface area (Å²) in [5.74, 6) is -0.961. The molecule has 6 nitrogen and oxygen atoms in total. The van der Waals surface area contributed by atoms with Gasteiger partial charge < -0.3 is 11.1 Å². The highest BCUT2D eigenvalue weighted by molar-refractivity contribution is 7.90. The molecular weight excluding hydrogens is 386 g/mol. The van der Waals surface area contributed by atoms with E-state index in [9.17, 15) is 17.2 Å². The summed E-state index contributed by atoms with van der Waals surface area (Å²) in [6.45, 7) is 1.71. The van der Waals surface area contributed by atoms with Gasteiger partial charge in [0.05, 0.1) is 10.9 Å². The number of anilines is 2. The highest BCUT2D eigenvalue weighted by atomic mass is 32.2. The quantitative estimate of drug-likeness (QED) is 0.677. The van der Waals surface area contributed by atoms with E-state index in [1.807, 2.05) is 0 Å². The molecule has 0 aliphatic carbocycles. The minimum absolute atomic E-state index is 0.000452. The standard InChI is InChI=1S/C19H18F2N4O2S/c1-11-8-17(25-19(22)23-11)24-18(15-10-13(20)6-7-16(15)21)12-4-3-5-14(9-12)28(2,26)27/h3-10,18H,1-2H3,(H3,22,23,24,25). The molecule has 0 aliphatic rings. The van der Waals surface area contributed by atoms with E-state index in [1.165, 1.54) is 18.2 Å². The van der Waals surface area contributed by atoms with Crippen LogP contribution in [0.15, 0.2) is 53.4 Å². The second kappa shape index (κ2) is 7.51. The average Bonchev–Trinajstić information content (AvgIpc) is 2.60. The maximum atomic E-state index is 14.5. The van der Waals surface area contributed by atoms with Gasteiger partial charge in [0.15, 0.2) is 9.84 Å². The first-order chi connectivity index (χ1) is 13.1. The first-order valence-corrected chi connectivity index (χ1v) is 10.2. The molecule has 0 saturated carbocycles. The summed E-state index contributed by atoms with van der Waals surface area (Å²) < 4.78 is 52.2. The lowest BCUT2D eigenvalue weighted by Gasteiger charge is -2.22. The fourth-order valence-electron chi connectivity index (χ4n) is 2.81. The number of nitrogens with two attached hydrogens (primary N) is 1. The Morgan fingerprint density at radius 1 is 1.07 bits per heavy atom. The summed E-state index contributed by atoms with van der Waals surface area (Å²) >= 11 is 0. The van der Waals surface area contributed by atoms with Crippen LogP contribution in [0.1, 0.15) is 22.9 Å². The van der Waals surface area contributed by atoms with Crippen molar-refractivity contribution in [3.63, 3.8) is 0 Å². The second-order valence-corrected chi connectivity index (χ2v) is 8.36. The third-order valence-corrected chi connectivity index (χ3v) is 5.16. The highest BCUT2D eigenvalue weighted by Gasteiger charge is 2.21.